The van der Waals surface area contributed by atoms with E-state index in [1.807, 2.05) is 0 Å². The number of imidazole rings is 1. The minimum atomic E-state index is -0.553. The molecule has 6 nitrogen and oxygen atoms in total. The number of rotatable bonds is 2. The van der Waals surface area contributed by atoms with Crippen LogP contribution in [-0.2, 0) is 10.5 Å². The first kappa shape index (κ1) is 8.18. The van der Waals surface area contributed by atoms with Crippen molar-refractivity contribution in [2.24, 2.45) is 0 Å². The topological polar surface area (TPSA) is 73.5 Å². The molecule has 1 aliphatic heterocycles. The average molecular weight is 183 g/mol. The van der Waals surface area contributed by atoms with Gasteiger partial charge in [-0.3, -0.25) is 0 Å². The van der Waals surface area contributed by atoms with Crippen LogP contribution in [0, 0.1) is 17.0 Å². The molecule has 0 amide bonds. The Morgan fingerprint density at radius 1 is 1.85 bits per heavy atom. The van der Waals surface area contributed by atoms with Gasteiger partial charge in [0.25, 0.3) is 0 Å². The van der Waals surface area contributed by atoms with E-state index in [9.17, 15) is 10.1 Å². The van der Waals surface area contributed by atoms with Gasteiger partial charge in [0, 0.05) is 13.8 Å². The van der Waals surface area contributed by atoms with Crippen LogP contribution >= 0.6 is 0 Å². The Bertz CT molecular complexity index is 367. The second-order valence-electron chi connectivity index (χ2n) is 3.22. The molecule has 0 bridgehead atoms. The highest BCUT2D eigenvalue weighted by Crippen LogP contribution is 2.36. The van der Waals surface area contributed by atoms with Gasteiger partial charge in [-0.15, -0.1) is 0 Å². The summed E-state index contributed by atoms with van der Waals surface area (Å²) in [6.07, 6.45) is 1.25. The summed E-state index contributed by atoms with van der Waals surface area (Å²) in [5.41, 5.74) is -0.553. The number of hydrogen-bond acceptors (Lipinski definition) is 4. The largest absolute Gasteiger partial charge is 0.358 e. The van der Waals surface area contributed by atoms with E-state index in [1.54, 1.807) is 13.8 Å². The molecule has 1 saturated heterocycles. The summed E-state index contributed by atoms with van der Waals surface area (Å²) < 4.78 is 6.64. The van der Waals surface area contributed by atoms with Gasteiger partial charge >= 0.3 is 5.82 Å². The summed E-state index contributed by atoms with van der Waals surface area (Å²) in [7, 11) is 0. The Morgan fingerprint density at radius 3 is 2.92 bits per heavy atom. The Morgan fingerprint density at radius 2 is 2.46 bits per heavy atom. The molecule has 1 fully saturated rings. The highest BCUT2D eigenvalue weighted by molar-refractivity contribution is 5.22. The molecule has 0 aliphatic carbocycles. The summed E-state index contributed by atoms with van der Waals surface area (Å²) >= 11 is 0. The van der Waals surface area contributed by atoms with Crippen molar-refractivity contribution in [3.8, 4) is 0 Å². The van der Waals surface area contributed by atoms with E-state index in [-0.39, 0.29) is 5.82 Å². The molecule has 0 aromatic carbocycles. The Balaban J connectivity index is 2.53. The van der Waals surface area contributed by atoms with E-state index in [0.29, 0.717) is 12.4 Å². The van der Waals surface area contributed by atoms with Crippen LogP contribution in [0.4, 0.5) is 5.82 Å². The van der Waals surface area contributed by atoms with Crippen molar-refractivity contribution in [3.05, 3.63) is 22.1 Å². The standard InChI is InChI=1S/C7H9N3O3/c1-5-8-3-6(10(11)12)9(5)7(2)4-13-7/h3H,4H2,1-2H3/t7-/m0/s1. The van der Waals surface area contributed by atoms with Crippen LogP contribution in [0.1, 0.15) is 12.7 Å². The molecule has 0 saturated carbocycles. The molecule has 6 heteroatoms. The van der Waals surface area contributed by atoms with E-state index >= 15 is 0 Å². The monoisotopic (exact) mass is 183 g/mol. The number of nitrogens with zero attached hydrogens (tertiary/aromatic N) is 3. The highest BCUT2D eigenvalue weighted by atomic mass is 16.6. The van der Waals surface area contributed by atoms with Crippen molar-refractivity contribution >= 4 is 5.82 Å². The zero-order valence-corrected chi connectivity index (χ0v) is 7.35. The number of aryl methyl sites for hydroxylation is 1. The van der Waals surface area contributed by atoms with E-state index in [4.69, 9.17) is 4.74 Å². The predicted molar refractivity (Wildman–Crippen MR) is 43.2 cm³/mol. The normalized spacial score (nSPS) is 26.0. The lowest BCUT2D eigenvalue weighted by Gasteiger charge is -2.05. The maximum absolute atomic E-state index is 10.6. The van der Waals surface area contributed by atoms with Crippen molar-refractivity contribution in [2.75, 3.05) is 6.61 Å². The molecule has 13 heavy (non-hydrogen) atoms. The molecule has 1 aromatic rings. The molecule has 0 spiro atoms. The molecule has 2 heterocycles. The molecule has 2 rings (SSSR count). The van der Waals surface area contributed by atoms with E-state index in [1.165, 1.54) is 10.8 Å². The van der Waals surface area contributed by atoms with Gasteiger partial charge in [-0.05, 0) is 4.92 Å². The molecule has 1 aliphatic rings. The van der Waals surface area contributed by atoms with Gasteiger partial charge in [-0.25, -0.2) is 4.98 Å². The van der Waals surface area contributed by atoms with Gasteiger partial charge in [0.05, 0.1) is 0 Å². The van der Waals surface area contributed by atoms with Gasteiger partial charge in [-0.1, -0.05) is 0 Å². The minimum absolute atomic E-state index is 0.0162. The van der Waals surface area contributed by atoms with Crippen LogP contribution in [0.5, 0.6) is 0 Å². The van der Waals surface area contributed by atoms with Gasteiger partial charge in [0.2, 0.25) is 5.72 Å². The molecule has 70 valence electrons. The van der Waals surface area contributed by atoms with Crippen LogP contribution in [0.15, 0.2) is 6.20 Å². The van der Waals surface area contributed by atoms with Gasteiger partial charge in [0.15, 0.2) is 5.82 Å². The van der Waals surface area contributed by atoms with Crippen molar-refractivity contribution < 1.29 is 9.66 Å². The average Bonchev–Trinajstić information content (AvgIpc) is 2.62. The first-order chi connectivity index (χ1) is 6.04. The minimum Gasteiger partial charge on any atom is -0.358 e. The van der Waals surface area contributed by atoms with Crippen LogP contribution in [0.25, 0.3) is 0 Å². The lowest BCUT2D eigenvalue weighted by molar-refractivity contribution is -0.393. The zero-order valence-electron chi connectivity index (χ0n) is 7.35. The molecule has 0 N–H and O–H groups in total. The predicted octanol–water partition coefficient (Wildman–Crippen LogP) is 0.803. The second-order valence-corrected chi connectivity index (χ2v) is 3.22. The molecule has 0 unspecified atom stereocenters. The molecule has 1 atom stereocenters. The summed E-state index contributed by atoms with van der Waals surface area (Å²) in [6.45, 7) is 4.03. The van der Waals surface area contributed by atoms with E-state index in [2.05, 4.69) is 4.98 Å². The molecule has 0 radical (unpaired) electrons. The zero-order chi connectivity index (χ0) is 9.64. The maximum atomic E-state index is 10.6. The third kappa shape index (κ3) is 1.10. The Hall–Kier alpha value is -1.43. The highest BCUT2D eigenvalue weighted by Gasteiger charge is 2.50. The summed E-state index contributed by atoms with van der Waals surface area (Å²) in [5, 5.41) is 10.6. The summed E-state index contributed by atoms with van der Waals surface area (Å²) in [6, 6.07) is 0. The number of nitro groups is 1. The third-order valence-corrected chi connectivity index (χ3v) is 2.14. The van der Waals surface area contributed by atoms with Crippen molar-refractivity contribution in [2.45, 2.75) is 19.6 Å². The SMILES string of the molecule is Cc1ncc([N+](=O)[O-])n1[C@]1(C)CO1. The third-order valence-electron chi connectivity index (χ3n) is 2.14. The Kier molecular flexibility index (Phi) is 1.44. The Labute approximate surface area is 74.3 Å². The van der Waals surface area contributed by atoms with Crippen LogP contribution in [0.2, 0.25) is 0 Å². The number of epoxide rings is 1. The van der Waals surface area contributed by atoms with Crippen LogP contribution < -0.4 is 0 Å². The van der Waals surface area contributed by atoms with Crippen molar-refractivity contribution in [1.82, 2.24) is 9.55 Å². The van der Waals surface area contributed by atoms with Crippen LogP contribution in [0.3, 0.4) is 0 Å². The van der Waals surface area contributed by atoms with Crippen LogP contribution in [-0.4, -0.2) is 21.1 Å². The summed E-state index contributed by atoms with van der Waals surface area (Å²) in [5.74, 6) is 0.587. The van der Waals surface area contributed by atoms with Gasteiger partial charge in [0.1, 0.15) is 12.8 Å². The maximum Gasteiger partial charge on any atom is 0.345 e. The van der Waals surface area contributed by atoms with Gasteiger partial charge in [-0.2, -0.15) is 4.57 Å². The smallest absolute Gasteiger partial charge is 0.345 e. The van der Waals surface area contributed by atoms with Crippen molar-refractivity contribution in [3.63, 3.8) is 0 Å². The number of ether oxygens (including phenoxy) is 1. The fourth-order valence-corrected chi connectivity index (χ4v) is 1.38. The van der Waals surface area contributed by atoms with E-state index < -0.39 is 10.6 Å². The van der Waals surface area contributed by atoms with E-state index in [0.717, 1.165) is 0 Å². The first-order valence-electron chi connectivity index (χ1n) is 3.88. The first-order valence-corrected chi connectivity index (χ1v) is 3.88. The number of aromatic nitrogens is 2. The molecular formula is C7H9N3O3. The summed E-state index contributed by atoms with van der Waals surface area (Å²) in [4.78, 5) is 14.0. The fraction of sp³-hybridized carbons (Fsp3) is 0.571. The number of hydrogen-bond donors (Lipinski definition) is 0. The molecule has 1 aromatic heterocycles. The quantitative estimate of drug-likeness (QED) is 0.386. The second kappa shape index (κ2) is 2.29. The molecular weight excluding hydrogens is 174 g/mol. The van der Waals surface area contributed by atoms with Crippen molar-refractivity contribution in [1.29, 1.82) is 0 Å². The van der Waals surface area contributed by atoms with Gasteiger partial charge < -0.3 is 14.9 Å². The fourth-order valence-electron chi connectivity index (χ4n) is 1.38. The lowest BCUT2D eigenvalue weighted by atomic mass is 10.3. The lowest BCUT2D eigenvalue weighted by Crippen LogP contribution is -2.17.